The first kappa shape index (κ1) is 48.0. The Hall–Kier alpha value is -0.137. The standard InChI is InChI=1S/C45H68O.CH4.2CH3.2ClH.Zr/c1-28(2)27-46-43-41(45(8,9)10)26-39-37(30(4)24-40(39)42(43)32-15-12-11-13-16-32)25-36-29(3)23-38-34(17-14-18-35(36)38)31-19-21-33(22-20-31)44(5,6)7;;;;;;/h11-13,15-16,19-22,28-30,34-43H,14,17-18,23-27H2,1-10H3;1H4;2*1H3;2*1H;/q;;2*-1;;;+4/p-2. The van der Waals surface area contributed by atoms with Gasteiger partial charge in [-0.1, -0.05) is 138 Å². The van der Waals surface area contributed by atoms with E-state index in [0.717, 1.165) is 59.9 Å². The van der Waals surface area contributed by atoms with Crippen LogP contribution in [0.3, 0.4) is 0 Å². The molecule has 0 N–H and O–H groups in total. The topological polar surface area (TPSA) is 9.23 Å². The molecule has 0 saturated heterocycles. The summed E-state index contributed by atoms with van der Waals surface area (Å²) in [6, 6.07) is 21.5. The van der Waals surface area contributed by atoms with E-state index in [4.69, 9.17) is 21.8 Å². The van der Waals surface area contributed by atoms with Gasteiger partial charge in [0.05, 0.1) is 6.10 Å². The van der Waals surface area contributed by atoms with Crippen LogP contribution in [0, 0.1) is 79.4 Å². The van der Waals surface area contributed by atoms with Crippen molar-refractivity contribution in [2.45, 2.75) is 145 Å². The Kier molecular flexibility index (Phi) is 18.8. The van der Waals surface area contributed by atoms with Gasteiger partial charge < -0.3 is 19.6 Å². The van der Waals surface area contributed by atoms with Crippen LogP contribution in [0.25, 0.3) is 0 Å². The summed E-state index contributed by atoms with van der Waals surface area (Å²) in [5, 5.41) is 0. The molecule has 0 aliphatic heterocycles. The fraction of sp³-hybridized carbons (Fsp3) is 0.708. The van der Waals surface area contributed by atoms with E-state index in [9.17, 15) is 0 Å². The molecular formula is C48H78Cl2OZr. The maximum absolute atomic E-state index is 7.03. The molecule has 0 bridgehead atoms. The summed E-state index contributed by atoms with van der Waals surface area (Å²) in [5.41, 5.74) is 5.10. The van der Waals surface area contributed by atoms with Crippen molar-refractivity contribution in [1.82, 2.24) is 0 Å². The molecule has 2 aromatic carbocycles. The number of ether oxygens (including phenoxy) is 1. The number of halogens is 2. The van der Waals surface area contributed by atoms with E-state index in [1.807, 2.05) is 0 Å². The Balaban J connectivity index is 0.00000151. The van der Waals surface area contributed by atoms with Gasteiger partial charge in [-0.25, -0.2) is 0 Å². The van der Waals surface area contributed by atoms with Crippen molar-refractivity contribution in [3.8, 4) is 0 Å². The van der Waals surface area contributed by atoms with Crippen LogP contribution >= 0.6 is 17.0 Å². The first-order valence-electron chi connectivity index (χ1n) is 19.9. The minimum atomic E-state index is -0.826. The second-order valence-electron chi connectivity index (χ2n) is 19.5. The molecule has 0 radical (unpaired) electrons. The summed E-state index contributed by atoms with van der Waals surface area (Å²) in [6.07, 6.45) is 10.2. The van der Waals surface area contributed by atoms with Crippen LogP contribution in [0.1, 0.15) is 150 Å². The third-order valence-corrected chi connectivity index (χ3v) is 13.9. The van der Waals surface area contributed by atoms with Gasteiger partial charge in [0.2, 0.25) is 0 Å². The molecule has 12 atom stereocenters. The number of hydrogen-bond acceptors (Lipinski definition) is 1. The van der Waals surface area contributed by atoms with Crippen LogP contribution in [0.4, 0.5) is 0 Å². The molecular weight excluding hydrogens is 755 g/mol. The first-order chi connectivity index (χ1) is 23.1. The van der Waals surface area contributed by atoms with E-state index in [2.05, 4.69) is 124 Å². The molecule has 0 amide bonds. The number of benzene rings is 2. The van der Waals surface area contributed by atoms with Gasteiger partial charge in [-0.3, -0.25) is 0 Å². The minimum absolute atomic E-state index is 0. The zero-order valence-electron chi connectivity index (χ0n) is 34.5. The average Bonchev–Trinajstić information content (AvgIpc) is 3.54. The Bertz CT molecular complexity index is 1300. The second-order valence-corrected chi connectivity index (χ2v) is 23.2. The third kappa shape index (κ3) is 10.8. The Morgan fingerprint density at radius 3 is 1.83 bits per heavy atom. The van der Waals surface area contributed by atoms with Gasteiger partial charge in [0, 0.05) is 12.5 Å². The predicted octanol–water partition coefficient (Wildman–Crippen LogP) is 15.2. The van der Waals surface area contributed by atoms with Crippen molar-refractivity contribution in [3.05, 3.63) is 86.1 Å². The van der Waals surface area contributed by atoms with Gasteiger partial charge in [-0.15, -0.1) is 0 Å². The van der Waals surface area contributed by atoms with Gasteiger partial charge in [0.1, 0.15) is 0 Å². The van der Waals surface area contributed by atoms with Crippen LogP contribution in [-0.4, -0.2) is 12.7 Å². The van der Waals surface area contributed by atoms with Crippen molar-refractivity contribution < 1.29 is 25.6 Å². The Labute approximate surface area is 342 Å². The van der Waals surface area contributed by atoms with Gasteiger partial charge >= 0.3 is 37.9 Å². The van der Waals surface area contributed by atoms with Crippen LogP contribution in [-0.2, 0) is 31.0 Å². The van der Waals surface area contributed by atoms with Gasteiger partial charge in [0.25, 0.3) is 0 Å². The van der Waals surface area contributed by atoms with E-state index >= 15 is 0 Å². The molecule has 12 unspecified atom stereocenters. The summed E-state index contributed by atoms with van der Waals surface area (Å²) in [4.78, 5) is 0. The summed E-state index contributed by atoms with van der Waals surface area (Å²) in [7, 11) is 9.87. The van der Waals surface area contributed by atoms with E-state index in [1.165, 1.54) is 56.1 Å². The molecule has 6 rings (SSSR count). The van der Waals surface area contributed by atoms with E-state index < -0.39 is 20.8 Å². The van der Waals surface area contributed by atoms with E-state index in [1.54, 1.807) is 5.56 Å². The molecule has 4 heteroatoms. The predicted molar refractivity (Wildman–Crippen MR) is 227 cm³/mol. The molecule has 4 fully saturated rings. The molecule has 4 aliphatic carbocycles. The van der Waals surface area contributed by atoms with Crippen molar-refractivity contribution in [2.75, 3.05) is 6.61 Å². The van der Waals surface area contributed by atoms with E-state index in [0.29, 0.717) is 23.9 Å². The monoisotopic (exact) mass is 830 g/mol. The fourth-order valence-corrected chi connectivity index (χ4v) is 11.7. The Morgan fingerprint density at radius 1 is 0.731 bits per heavy atom. The van der Waals surface area contributed by atoms with Gasteiger partial charge in [0.15, 0.2) is 0 Å². The van der Waals surface area contributed by atoms with Gasteiger partial charge in [-0.05, 0) is 131 Å². The molecule has 294 valence electrons. The summed E-state index contributed by atoms with van der Waals surface area (Å²) < 4.78 is 7.03. The van der Waals surface area contributed by atoms with Crippen molar-refractivity contribution in [1.29, 1.82) is 0 Å². The molecule has 52 heavy (non-hydrogen) atoms. The first-order valence-corrected chi connectivity index (χ1v) is 26.2. The molecule has 1 nitrogen and oxygen atoms in total. The maximum atomic E-state index is 7.03. The molecule has 0 aromatic heterocycles. The number of hydrogen-bond donors (Lipinski definition) is 0. The van der Waals surface area contributed by atoms with Gasteiger partial charge in [-0.2, -0.15) is 0 Å². The zero-order chi connectivity index (χ0) is 35.7. The molecule has 2 aromatic rings. The fourth-order valence-electron chi connectivity index (χ4n) is 11.7. The summed E-state index contributed by atoms with van der Waals surface area (Å²) in [6.45, 7) is 25.3. The van der Waals surface area contributed by atoms with E-state index in [-0.39, 0.29) is 33.1 Å². The van der Waals surface area contributed by atoms with Crippen molar-refractivity contribution >= 4 is 17.0 Å². The summed E-state index contributed by atoms with van der Waals surface area (Å²) in [5.74, 6) is 9.19. The normalized spacial score (nSPS) is 33.9. The summed E-state index contributed by atoms with van der Waals surface area (Å²) >= 11 is -0.826. The molecule has 0 heterocycles. The van der Waals surface area contributed by atoms with Crippen LogP contribution in [0.15, 0.2) is 54.6 Å². The van der Waals surface area contributed by atoms with Crippen LogP contribution in [0.5, 0.6) is 0 Å². The number of fused-ring (bicyclic) bond motifs is 2. The SMILES string of the molecule is C.CC(C)COC1C(c2ccccc2)C2CC(C)C(CC3C(C)CC4C(c5ccc(C(C)(C)C)cc5)CCCC34)C2CC1C(C)(C)C.[CH3-].[CH3-].[Cl][Zr+2][Cl]. The quantitative estimate of drug-likeness (QED) is 0.253. The molecule has 0 spiro atoms. The zero-order valence-corrected chi connectivity index (χ0v) is 38.5. The van der Waals surface area contributed by atoms with Crippen LogP contribution < -0.4 is 0 Å². The van der Waals surface area contributed by atoms with Crippen LogP contribution in [0.2, 0.25) is 0 Å². The average molecular weight is 833 g/mol. The number of rotatable bonds is 7. The van der Waals surface area contributed by atoms with Crippen molar-refractivity contribution in [3.63, 3.8) is 0 Å². The van der Waals surface area contributed by atoms with Crippen molar-refractivity contribution in [2.24, 2.45) is 64.6 Å². The Morgan fingerprint density at radius 2 is 1.29 bits per heavy atom. The molecule has 4 aliphatic rings. The third-order valence-electron chi connectivity index (χ3n) is 13.9. The molecule has 4 saturated carbocycles. The second kappa shape index (κ2) is 20.3.